The van der Waals surface area contributed by atoms with Crippen LogP contribution >= 0.6 is 23.2 Å². The van der Waals surface area contributed by atoms with Gasteiger partial charge in [0, 0.05) is 10.1 Å². The highest BCUT2D eigenvalue weighted by atomic mass is 35.5. The van der Waals surface area contributed by atoms with E-state index < -0.39 is 0 Å². The summed E-state index contributed by atoms with van der Waals surface area (Å²) < 4.78 is 0. The summed E-state index contributed by atoms with van der Waals surface area (Å²) in [7, 11) is 0. The molecule has 0 aromatic heterocycles. The lowest BCUT2D eigenvalue weighted by atomic mass is 10.3. The van der Waals surface area contributed by atoms with E-state index >= 15 is 0 Å². The number of halogens is 2. The average Bonchev–Trinajstić information content (AvgIpc) is 1.67. The second kappa shape index (κ2) is 4.22. The van der Waals surface area contributed by atoms with Crippen LogP contribution < -0.4 is 0 Å². The van der Waals surface area contributed by atoms with Crippen molar-refractivity contribution in [3.05, 3.63) is 10.1 Å². The summed E-state index contributed by atoms with van der Waals surface area (Å²) in [5.41, 5.74) is 0. The van der Waals surface area contributed by atoms with Gasteiger partial charge in [0.25, 0.3) is 0 Å². The summed E-state index contributed by atoms with van der Waals surface area (Å²) >= 11 is 11.2. The van der Waals surface area contributed by atoms with Gasteiger partial charge in [-0.25, -0.2) is 0 Å². The van der Waals surface area contributed by atoms with Gasteiger partial charge in [-0.2, -0.15) is 0 Å². The Hall–Kier alpha value is 0.320. The molecule has 0 saturated heterocycles. The third-order valence-electron chi connectivity index (χ3n) is 0.843. The van der Waals surface area contributed by atoms with Crippen molar-refractivity contribution in [1.29, 1.82) is 0 Å². The van der Waals surface area contributed by atoms with Gasteiger partial charge in [0.2, 0.25) is 0 Å². The van der Waals surface area contributed by atoms with E-state index in [0.717, 1.165) is 17.9 Å². The van der Waals surface area contributed by atoms with Gasteiger partial charge in [0.05, 0.1) is 0 Å². The van der Waals surface area contributed by atoms with Gasteiger partial charge in [-0.1, -0.05) is 36.5 Å². The SMILES string of the molecule is CCC/C(Cl)=C(\C)Cl. The lowest BCUT2D eigenvalue weighted by Crippen LogP contribution is -1.71. The molecule has 0 unspecified atom stereocenters. The van der Waals surface area contributed by atoms with E-state index in [1.807, 2.05) is 0 Å². The lowest BCUT2D eigenvalue weighted by molar-refractivity contribution is 0.940. The summed E-state index contributed by atoms with van der Waals surface area (Å²) in [5.74, 6) is 0. The predicted octanol–water partition coefficient (Wildman–Crippen LogP) is 3.50. The van der Waals surface area contributed by atoms with E-state index in [9.17, 15) is 0 Å². The fourth-order valence-corrected chi connectivity index (χ4v) is 0.675. The summed E-state index contributed by atoms with van der Waals surface area (Å²) in [5, 5.41) is 1.50. The third-order valence-corrected chi connectivity index (χ3v) is 1.64. The Labute approximate surface area is 60.5 Å². The van der Waals surface area contributed by atoms with Crippen LogP contribution in [0.2, 0.25) is 0 Å². The Kier molecular flexibility index (Phi) is 4.39. The first-order chi connectivity index (χ1) is 3.68. The van der Waals surface area contributed by atoms with E-state index in [1.54, 1.807) is 6.92 Å². The second-order valence-electron chi connectivity index (χ2n) is 1.69. The van der Waals surface area contributed by atoms with Crippen molar-refractivity contribution >= 4 is 23.2 Å². The molecule has 8 heavy (non-hydrogen) atoms. The van der Waals surface area contributed by atoms with Crippen molar-refractivity contribution in [2.75, 3.05) is 0 Å². The van der Waals surface area contributed by atoms with Crippen LogP contribution in [0.25, 0.3) is 0 Å². The topological polar surface area (TPSA) is 0 Å². The first-order valence-corrected chi connectivity index (χ1v) is 3.44. The average molecular weight is 153 g/mol. The normalized spacial score (nSPS) is 13.5. The highest BCUT2D eigenvalue weighted by Crippen LogP contribution is 2.17. The van der Waals surface area contributed by atoms with Gasteiger partial charge in [0.1, 0.15) is 0 Å². The molecule has 0 aromatic carbocycles. The zero-order valence-corrected chi connectivity index (χ0v) is 6.68. The molecule has 0 amide bonds. The maximum atomic E-state index is 5.66. The van der Waals surface area contributed by atoms with E-state index in [0.29, 0.717) is 5.03 Å². The standard InChI is InChI=1S/C6H10Cl2/c1-3-4-6(8)5(2)7/h3-4H2,1-2H3/b6-5-. The van der Waals surface area contributed by atoms with Crippen molar-refractivity contribution in [2.24, 2.45) is 0 Å². The van der Waals surface area contributed by atoms with E-state index in [1.165, 1.54) is 0 Å². The van der Waals surface area contributed by atoms with Gasteiger partial charge in [-0.3, -0.25) is 0 Å². The van der Waals surface area contributed by atoms with Crippen LogP contribution in [0.1, 0.15) is 26.7 Å². The van der Waals surface area contributed by atoms with Gasteiger partial charge >= 0.3 is 0 Å². The molecule has 0 saturated carbocycles. The highest BCUT2D eigenvalue weighted by Gasteiger charge is 1.92. The molecule has 0 bridgehead atoms. The van der Waals surface area contributed by atoms with Crippen molar-refractivity contribution in [3.8, 4) is 0 Å². The zero-order chi connectivity index (χ0) is 6.57. The molecular weight excluding hydrogens is 143 g/mol. The van der Waals surface area contributed by atoms with Crippen LogP contribution in [0.15, 0.2) is 10.1 Å². The van der Waals surface area contributed by atoms with Gasteiger partial charge < -0.3 is 0 Å². The Morgan fingerprint density at radius 2 is 1.88 bits per heavy atom. The fourth-order valence-electron chi connectivity index (χ4n) is 0.392. The highest BCUT2D eigenvalue weighted by molar-refractivity contribution is 6.38. The number of rotatable bonds is 2. The predicted molar refractivity (Wildman–Crippen MR) is 39.3 cm³/mol. The molecule has 0 atom stereocenters. The molecule has 0 fully saturated rings. The first kappa shape index (κ1) is 8.32. The maximum absolute atomic E-state index is 5.66. The van der Waals surface area contributed by atoms with E-state index in [4.69, 9.17) is 23.2 Å². The smallest absolute Gasteiger partial charge is 0.0322 e. The molecule has 0 aliphatic carbocycles. The number of hydrogen-bond acceptors (Lipinski definition) is 0. The largest absolute Gasteiger partial charge is 0.0882 e. The maximum Gasteiger partial charge on any atom is 0.0322 e. The molecule has 0 aromatic rings. The van der Waals surface area contributed by atoms with Gasteiger partial charge in [0.15, 0.2) is 0 Å². The summed E-state index contributed by atoms with van der Waals surface area (Å²) in [4.78, 5) is 0. The molecule has 48 valence electrons. The zero-order valence-electron chi connectivity index (χ0n) is 5.17. The number of allylic oxidation sites excluding steroid dienone is 2. The minimum atomic E-state index is 0.716. The molecule has 0 N–H and O–H groups in total. The molecule has 0 nitrogen and oxygen atoms in total. The van der Waals surface area contributed by atoms with Crippen molar-refractivity contribution in [2.45, 2.75) is 26.7 Å². The van der Waals surface area contributed by atoms with Crippen LogP contribution in [0, 0.1) is 0 Å². The summed E-state index contributed by atoms with van der Waals surface area (Å²) in [6, 6.07) is 0. The quantitative estimate of drug-likeness (QED) is 0.569. The monoisotopic (exact) mass is 152 g/mol. The minimum Gasteiger partial charge on any atom is -0.0882 e. The molecule has 0 aliphatic rings. The Morgan fingerprint density at radius 1 is 1.38 bits per heavy atom. The first-order valence-electron chi connectivity index (χ1n) is 2.69. The number of hydrogen-bond donors (Lipinski definition) is 0. The van der Waals surface area contributed by atoms with E-state index in [2.05, 4.69) is 6.92 Å². The summed E-state index contributed by atoms with van der Waals surface area (Å²) in [6.45, 7) is 3.88. The molecule has 0 heterocycles. The molecule has 0 aliphatic heterocycles. The molecule has 0 spiro atoms. The van der Waals surface area contributed by atoms with Crippen LogP contribution in [0.3, 0.4) is 0 Å². The minimum absolute atomic E-state index is 0.716. The Morgan fingerprint density at radius 3 is 2.00 bits per heavy atom. The second-order valence-corrected chi connectivity index (χ2v) is 2.71. The molecular formula is C6H10Cl2. The van der Waals surface area contributed by atoms with Crippen molar-refractivity contribution < 1.29 is 0 Å². The van der Waals surface area contributed by atoms with Crippen molar-refractivity contribution in [1.82, 2.24) is 0 Å². The van der Waals surface area contributed by atoms with Crippen LogP contribution in [0.4, 0.5) is 0 Å². The Bertz CT molecular complexity index is 90.7. The summed E-state index contributed by atoms with van der Waals surface area (Å²) in [6.07, 6.45) is 1.96. The van der Waals surface area contributed by atoms with Crippen molar-refractivity contribution in [3.63, 3.8) is 0 Å². The van der Waals surface area contributed by atoms with Crippen LogP contribution in [-0.4, -0.2) is 0 Å². The van der Waals surface area contributed by atoms with Crippen LogP contribution in [0.5, 0.6) is 0 Å². The van der Waals surface area contributed by atoms with Gasteiger partial charge in [-0.05, 0) is 13.3 Å². The van der Waals surface area contributed by atoms with Gasteiger partial charge in [-0.15, -0.1) is 0 Å². The molecule has 0 rings (SSSR count). The fraction of sp³-hybridized carbons (Fsp3) is 0.667. The van der Waals surface area contributed by atoms with E-state index in [-0.39, 0.29) is 0 Å². The Balaban J connectivity index is 3.62. The molecule has 2 heteroatoms. The third kappa shape index (κ3) is 3.34. The lowest BCUT2D eigenvalue weighted by Gasteiger charge is -1.93. The molecule has 0 radical (unpaired) electrons. The van der Waals surface area contributed by atoms with Crippen LogP contribution in [-0.2, 0) is 0 Å².